The van der Waals surface area contributed by atoms with E-state index in [1.54, 1.807) is 0 Å². The van der Waals surface area contributed by atoms with Crippen LogP contribution >= 0.6 is 24.0 Å². The van der Waals surface area contributed by atoms with Crippen molar-refractivity contribution >= 4 is 40.0 Å². The van der Waals surface area contributed by atoms with E-state index < -0.39 is 15.8 Å². The fourth-order valence-corrected chi connectivity index (χ4v) is 2.97. The maximum atomic E-state index is 12.4. The molecule has 0 aliphatic carbocycles. The molecule has 1 saturated heterocycles. The first-order valence-corrected chi connectivity index (χ1v) is 8.07. The Morgan fingerprint density at radius 2 is 1.90 bits per heavy atom. The maximum absolute atomic E-state index is 12.4. The number of hydrogen-bond donors (Lipinski definition) is 2. The van der Waals surface area contributed by atoms with Crippen molar-refractivity contribution in [2.45, 2.75) is 38.5 Å². The minimum Gasteiger partial charge on any atom is -0.370 e. The number of halogens is 3. The van der Waals surface area contributed by atoms with Crippen LogP contribution in [0.5, 0.6) is 0 Å². The van der Waals surface area contributed by atoms with Crippen LogP contribution in [0.1, 0.15) is 26.7 Å². The number of nitrogens with zero attached hydrogens (tertiary/aromatic N) is 2. The molecule has 1 heterocycles. The van der Waals surface area contributed by atoms with Gasteiger partial charge in [-0.2, -0.15) is 13.1 Å². The predicted octanol–water partition coefficient (Wildman–Crippen LogP) is 1.18. The molecular formula is C11H23F2IN4O2S. The van der Waals surface area contributed by atoms with Gasteiger partial charge in [-0.05, 0) is 32.6 Å². The first-order valence-electron chi connectivity index (χ1n) is 6.57. The molecule has 126 valence electrons. The normalized spacial score (nSPS) is 18.9. The van der Waals surface area contributed by atoms with E-state index in [1.165, 1.54) is 0 Å². The Hall–Kier alpha value is -0.230. The van der Waals surface area contributed by atoms with Gasteiger partial charge >= 0.3 is 5.76 Å². The first-order chi connectivity index (χ1) is 9.23. The smallest absolute Gasteiger partial charge is 0.350 e. The van der Waals surface area contributed by atoms with Crippen LogP contribution in [0, 0.1) is 5.92 Å². The molecule has 1 rings (SSSR count). The average molecular weight is 440 g/mol. The van der Waals surface area contributed by atoms with Crippen LogP contribution in [0.2, 0.25) is 0 Å². The van der Waals surface area contributed by atoms with Gasteiger partial charge < -0.3 is 11.1 Å². The number of guanidine groups is 1. The second kappa shape index (κ2) is 9.03. The second-order valence-electron chi connectivity index (χ2n) is 5.17. The van der Waals surface area contributed by atoms with E-state index in [0.717, 1.165) is 4.31 Å². The first kappa shape index (κ1) is 20.8. The van der Waals surface area contributed by atoms with Gasteiger partial charge in [0.2, 0.25) is 0 Å². The lowest BCUT2D eigenvalue weighted by atomic mass is 9.98. The van der Waals surface area contributed by atoms with Crippen LogP contribution in [-0.4, -0.2) is 50.1 Å². The summed E-state index contributed by atoms with van der Waals surface area (Å²) in [5, 5.41) is 2.95. The van der Waals surface area contributed by atoms with Gasteiger partial charge in [0.1, 0.15) is 0 Å². The van der Waals surface area contributed by atoms with Gasteiger partial charge in [0, 0.05) is 25.7 Å². The number of hydrogen-bond acceptors (Lipinski definition) is 3. The summed E-state index contributed by atoms with van der Waals surface area (Å²) in [6.07, 6.45) is 1.04. The lowest BCUT2D eigenvalue weighted by Crippen LogP contribution is -2.42. The second-order valence-corrected chi connectivity index (χ2v) is 7.08. The van der Waals surface area contributed by atoms with E-state index in [4.69, 9.17) is 5.73 Å². The third-order valence-electron chi connectivity index (χ3n) is 3.11. The van der Waals surface area contributed by atoms with Gasteiger partial charge in [0.25, 0.3) is 10.0 Å². The molecule has 6 nitrogen and oxygen atoms in total. The zero-order chi connectivity index (χ0) is 15.3. The highest BCUT2D eigenvalue weighted by atomic mass is 127. The summed E-state index contributed by atoms with van der Waals surface area (Å²) in [6, 6.07) is 0.191. The predicted molar refractivity (Wildman–Crippen MR) is 89.4 cm³/mol. The molecule has 0 atom stereocenters. The molecule has 0 radical (unpaired) electrons. The van der Waals surface area contributed by atoms with Crippen molar-refractivity contribution in [3.05, 3.63) is 0 Å². The molecule has 0 amide bonds. The van der Waals surface area contributed by atoms with Gasteiger partial charge in [-0.15, -0.1) is 24.0 Å². The van der Waals surface area contributed by atoms with Gasteiger partial charge in [-0.3, -0.25) is 4.99 Å². The lowest BCUT2D eigenvalue weighted by molar-refractivity contribution is 0.205. The molecule has 0 unspecified atom stereocenters. The third kappa shape index (κ3) is 6.59. The van der Waals surface area contributed by atoms with E-state index in [2.05, 4.69) is 10.3 Å². The molecule has 0 aromatic rings. The SMILES string of the molecule is CC(C)NC(N)=NCC1CCN(S(=O)(=O)C(F)F)CC1.I. The van der Waals surface area contributed by atoms with Crippen molar-refractivity contribution in [2.75, 3.05) is 19.6 Å². The van der Waals surface area contributed by atoms with Gasteiger partial charge in [-0.25, -0.2) is 8.42 Å². The highest BCUT2D eigenvalue weighted by Gasteiger charge is 2.34. The van der Waals surface area contributed by atoms with Crippen molar-refractivity contribution in [3.63, 3.8) is 0 Å². The molecule has 0 aromatic heterocycles. The Morgan fingerprint density at radius 1 is 1.38 bits per heavy atom. The summed E-state index contributed by atoms with van der Waals surface area (Å²) < 4.78 is 48.2. The van der Waals surface area contributed by atoms with Gasteiger partial charge in [0.05, 0.1) is 0 Å². The Labute approximate surface area is 141 Å². The van der Waals surface area contributed by atoms with Crippen LogP contribution in [0.4, 0.5) is 8.78 Å². The Bertz CT molecular complexity index is 438. The van der Waals surface area contributed by atoms with E-state index >= 15 is 0 Å². The van der Waals surface area contributed by atoms with Crippen LogP contribution in [0.3, 0.4) is 0 Å². The van der Waals surface area contributed by atoms with Gasteiger partial charge in [0.15, 0.2) is 5.96 Å². The van der Waals surface area contributed by atoms with E-state index in [-0.39, 0.29) is 49.0 Å². The molecular weight excluding hydrogens is 417 g/mol. The van der Waals surface area contributed by atoms with Crippen molar-refractivity contribution in [2.24, 2.45) is 16.6 Å². The molecule has 1 aliphatic heterocycles. The number of piperidine rings is 1. The average Bonchev–Trinajstić information content (AvgIpc) is 2.36. The fraction of sp³-hybridized carbons (Fsp3) is 0.909. The summed E-state index contributed by atoms with van der Waals surface area (Å²) >= 11 is 0. The number of nitrogens with two attached hydrogens (primary N) is 1. The summed E-state index contributed by atoms with van der Waals surface area (Å²) in [7, 11) is -4.44. The summed E-state index contributed by atoms with van der Waals surface area (Å²) in [5.74, 6) is -2.82. The molecule has 0 aromatic carbocycles. The minimum absolute atomic E-state index is 0. The Balaban J connectivity index is 0.00000400. The van der Waals surface area contributed by atoms with E-state index in [0.29, 0.717) is 25.3 Å². The summed E-state index contributed by atoms with van der Waals surface area (Å²) in [4.78, 5) is 4.18. The van der Waals surface area contributed by atoms with Crippen molar-refractivity contribution in [1.29, 1.82) is 0 Å². The number of rotatable bonds is 5. The zero-order valence-electron chi connectivity index (χ0n) is 12.1. The topological polar surface area (TPSA) is 87.8 Å². The highest BCUT2D eigenvalue weighted by molar-refractivity contribution is 14.0. The standard InChI is InChI=1S/C11H22F2N4O2S.HI/c1-8(2)16-11(14)15-7-9-3-5-17(6-4-9)20(18,19)10(12)13;/h8-10H,3-7H2,1-2H3,(H3,14,15,16);1H. The quantitative estimate of drug-likeness (QED) is 0.382. The molecule has 1 aliphatic rings. The molecule has 21 heavy (non-hydrogen) atoms. The number of alkyl halides is 2. The number of aliphatic imine (C=N–C) groups is 1. The maximum Gasteiger partial charge on any atom is 0.350 e. The molecule has 10 heteroatoms. The molecule has 0 saturated carbocycles. The van der Waals surface area contributed by atoms with Crippen LogP contribution < -0.4 is 11.1 Å². The monoisotopic (exact) mass is 440 g/mol. The van der Waals surface area contributed by atoms with Crippen LogP contribution in [0.15, 0.2) is 4.99 Å². The van der Waals surface area contributed by atoms with Crippen molar-refractivity contribution in [3.8, 4) is 0 Å². The van der Waals surface area contributed by atoms with Gasteiger partial charge in [-0.1, -0.05) is 0 Å². The molecule has 0 bridgehead atoms. The fourth-order valence-electron chi connectivity index (χ4n) is 2.03. The molecule has 3 N–H and O–H groups in total. The highest BCUT2D eigenvalue weighted by Crippen LogP contribution is 2.22. The number of nitrogens with one attached hydrogen (secondary N) is 1. The molecule has 0 spiro atoms. The Kier molecular flexibility index (Phi) is 8.93. The largest absolute Gasteiger partial charge is 0.370 e. The third-order valence-corrected chi connectivity index (χ3v) is 4.65. The minimum atomic E-state index is -4.44. The zero-order valence-corrected chi connectivity index (χ0v) is 15.3. The van der Waals surface area contributed by atoms with Crippen LogP contribution in [-0.2, 0) is 10.0 Å². The Morgan fingerprint density at radius 3 is 2.33 bits per heavy atom. The van der Waals surface area contributed by atoms with E-state index in [1.807, 2.05) is 13.8 Å². The van der Waals surface area contributed by atoms with E-state index in [9.17, 15) is 17.2 Å². The summed E-state index contributed by atoms with van der Waals surface area (Å²) in [6.45, 7) is 4.59. The van der Waals surface area contributed by atoms with Crippen molar-refractivity contribution in [1.82, 2.24) is 9.62 Å². The van der Waals surface area contributed by atoms with Crippen molar-refractivity contribution < 1.29 is 17.2 Å². The number of sulfonamides is 1. The molecule has 1 fully saturated rings. The van der Waals surface area contributed by atoms with Crippen LogP contribution in [0.25, 0.3) is 0 Å². The lowest BCUT2D eigenvalue weighted by Gasteiger charge is -2.30. The summed E-state index contributed by atoms with van der Waals surface area (Å²) in [5.41, 5.74) is 5.66.